The number of carbonyl (C=O) groups excluding carboxylic acids is 1. The van der Waals surface area contributed by atoms with Crippen LogP contribution in [-0.2, 0) is 4.79 Å². The van der Waals surface area contributed by atoms with Crippen molar-refractivity contribution in [3.05, 3.63) is 0 Å². The second kappa shape index (κ2) is 6.02. The molecule has 4 nitrogen and oxygen atoms in total. The number of amides is 1. The largest absolute Gasteiger partial charge is 0.393 e. The molecule has 0 aromatic heterocycles. The van der Waals surface area contributed by atoms with Crippen LogP contribution in [0.4, 0.5) is 0 Å². The van der Waals surface area contributed by atoms with Crippen LogP contribution in [0.25, 0.3) is 0 Å². The van der Waals surface area contributed by atoms with E-state index in [4.69, 9.17) is 5.73 Å². The number of nitrogens with zero attached hydrogens (tertiary/aromatic N) is 1. The van der Waals surface area contributed by atoms with Gasteiger partial charge in [-0.3, -0.25) is 4.79 Å². The minimum absolute atomic E-state index is 0.0162. The maximum Gasteiger partial charge on any atom is 0.226 e. The highest BCUT2D eigenvalue weighted by atomic mass is 16.3. The fraction of sp³-hybridized carbons (Fsp3) is 0.929. The van der Waals surface area contributed by atoms with Crippen LogP contribution < -0.4 is 5.73 Å². The molecular weight excluding hydrogens is 228 g/mol. The third-order valence-corrected chi connectivity index (χ3v) is 4.51. The van der Waals surface area contributed by atoms with E-state index in [-0.39, 0.29) is 24.0 Å². The van der Waals surface area contributed by atoms with Crippen molar-refractivity contribution in [2.75, 3.05) is 13.6 Å². The van der Waals surface area contributed by atoms with Crippen molar-refractivity contribution in [3.63, 3.8) is 0 Å². The fourth-order valence-electron chi connectivity index (χ4n) is 3.25. The summed E-state index contributed by atoms with van der Waals surface area (Å²) in [6.45, 7) is 0.777. The van der Waals surface area contributed by atoms with Gasteiger partial charge in [-0.05, 0) is 31.6 Å². The molecule has 0 saturated heterocycles. The summed E-state index contributed by atoms with van der Waals surface area (Å²) in [4.78, 5) is 14.2. The van der Waals surface area contributed by atoms with Gasteiger partial charge in [0.1, 0.15) is 0 Å². The zero-order valence-electron chi connectivity index (χ0n) is 11.3. The molecule has 3 N–H and O–H groups in total. The summed E-state index contributed by atoms with van der Waals surface area (Å²) in [5, 5.41) is 9.27. The van der Waals surface area contributed by atoms with Crippen molar-refractivity contribution < 1.29 is 9.90 Å². The van der Waals surface area contributed by atoms with Gasteiger partial charge in [-0.25, -0.2) is 0 Å². The van der Waals surface area contributed by atoms with E-state index >= 15 is 0 Å². The first kappa shape index (κ1) is 13.8. The van der Waals surface area contributed by atoms with Gasteiger partial charge >= 0.3 is 0 Å². The van der Waals surface area contributed by atoms with E-state index in [0.29, 0.717) is 5.92 Å². The first-order valence-electron chi connectivity index (χ1n) is 7.26. The Labute approximate surface area is 110 Å². The number of carbonyl (C=O) groups is 1. The lowest BCUT2D eigenvalue weighted by atomic mass is 9.82. The molecule has 1 amide bonds. The molecule has 2 atom stereocenters. The number of rotatable bonds is 3. The molecule has 4 heteroatoms. The van der Waals surface area contributed by atoms with Gasteiger partial charge in [0.15, 0.2) is 0 Å². The molecule has 0 aliphatic heterocycles. The van der Waals surface area contributed by atoms with Gasteiger partial charge in [0.25, 0.3) is 0 Å². The maximum atomic E-state index is 12.4. The standard InChI is InChI=1S/C14H26N2O2/c1-16(9-10-7-11(17)8-10)14(18)12-5-3-2-4-6-13(12)15/h10-13,17H,2-9,15H2,1H3. The van der Waals surface area contributed by atoms with Crippen LogP contribution in [0.1, 0.15) is 44.9 Å². The maximum absolute atomic E-state index is 12.4. The molecular formula is C14H26N2O2. The van der Waals surface area contributed by atoms with Crippen LogP contribution in [-0.4, -0.2) is 41.7 Å². The van der Waals surface area contributed by atoms with Crippen molar-refractivity contribution in [1.29, 1.82) is 0 Å². The second-order valence-corrected chi connectivity index (χ2v) is 6.12. The minimum atomic E-state index is -0.140. The normalized spacial score (nSPS) is 36.6. The Morgan fingerprint density at radius 1 is 1.28 bits per heavy atom. The van der Waals surface area contributed by atoms with E-state index in [1.165, 1.54) is 6.42 Å². The highest BCUT2D eigenvalue weighted by molar-refractivity contribution is 5.79. The van der Waals surface area contributed by atoms with Crippen molar-refractivity contribution in [2.24, 2.45) is 17.6 Å². The molecule has 0 heterocycles. The Morgan fingerprint density at radius 3 is 2.61 bits per heavy atom. The van der Waals surface area contributed by atoms with Crippen LogP contribution in [0.5, 0.6) is 0 Å². The first-order valence-corrected chi connectivity index (χ1v) is 7.26. The van der Waals surface area contributed by atoms with Gasteiger partial charge < -0.3 is 15.7 Å². The third-order valence-electron chi connectivity index (χ3n) is 4.51. The molecule has 2 rings (SSSR count). The Hall–Kier alpha value is -0.610. The average molecular weight is 254 g/mol. The highest BCUT2D eigenvalue weighted by Gasteiger charge is 2.33. The predicted molar refractivity (Wildman–Crippen MR) is 70.9 cm³/mol. The van der Waals surface area contributed by atoms with Gasteiger partial charge in [0.2, 0.25) is 5.91 Å². The number of hydrogen-bond donors (Lipinski definition) is 2. The molecule has 0 aromatic rings. The third kappa shape index (κ3) is 3.23. The lowest BCUT2D eigenvalue weighted by Crippen LogP contribution is -2.45. The molecule has 2 unspecified atom stereocenters. The van der Waals surface area contributed by atoms with Gasteiger partial charge in [-0.2, -0.15) is 0 Å². The zero-order valence-corrected chi connectivity index (χ0v) is 11.3. The molecule has 2 aliphatic rings. The van der Waals surface area contributed by atoms with Gasteiger partial charge in [0.05, 0.1) is 12.0 Å². The van der Waals surface area contributed by atoms with Crippen molar-refractivity contribution in [1.82, 2.24) is 4.90 Å². The van der Waals surface area contributed by atoms with Crippen molar-refractivity contribution in [2.45, 2.75) is 57.1 Å². The van der Waals surface area contributed by atoms with Crippen molar-refractivity contribution in [3.8, 4) is 0 Å². The predicted octanol–water partition coefficient (Wildman–Crippen LogP) is 1.12. The molecule has 0 radical (unpaired) electrons. The lowest BCUT2D eigenvalue weighted by molar-refractivity contribution is -0.136. The van der Waals surface area contributed by atoms with E-state index in [9.17, 15) is 9.90 Å². The lowest BCUT2D eigenvalue weighted by Gasteiger charge is -2.36. The molecule has 2 saturated carbocycles. The smallest absolute Gasteiger partial charge is 0.226 e. The molecule has 104 valence electrons. The quantitative estimate of drug-likeness (QED) is 0.742. The number of hydrogen-bond acceptors (Lipinski definition) is 3. The number of aliphatic hydroxyl groups is 1. The van der Waals surface area contributed by atoms with Crippen LogP contribution in [0.2, 0.25) is 0 Å². The summed E-state index contributed by atoms with van der Waals surface area (Å²) in [6, 6.07) is 0.0365. The Balaban J connectivity index is 1.84. The van der Waals surface area contributed by atoms with Crippen molar-refractivity contribution >= 4 is 5.91 Å². The zero-order chi connectivity index (χ0) is 13.1. The van der Waals surface area contributed by atoms with E-state index in [1.807, 2.05) is 11.9 Å². The van der Waals surface area contributed by atoms with E-state index < -0.39 is 0 Å². The van der Waals surface area contributed by atoms with Crippen LogP contribution in [0.3, 0.4) is 0 Å². The van der Waals surface area contributed by atoms with Gasteiger partial charge in [-0.1, -0.05) is 19.3 Å². The Morgan fingerprint density at radius 2 is 1.94 bits per heavy atom. The summed E-state index contributed by atoms with van der Waals surface area (Å²) >= 11 is 0. The SMILES string of the molecule is CN(CC1CC(O)C1)C(=O)C1CCCCCC1N. The second-order valence-electron chi connectivity index (χ2n) is 6.12. The number of nitrogens with two attached hydrogens (primary N) is 1. The molecule has 0 aromatic carbocycles. The molecule has 2 aliphatic carbocycles. The monoisotopic (exact) mass is 254 g/mol. The summed E-state index contributed by atoms with van der Waals surface area (Å²) < 4.78 is 0. The summed E-state index contributed by atoms with van der Waals surface area (Å²) in [6.07, 6.45) is 6.95. The number of aliphatic hydroxyl groups excluding tert-OH is 1. The Bertz CT molecular complexity index is 290. The van der Waals surface area contributed by atoms with E-state index in [0.717, 1.165) is 45.1 Å². The summed E-state index contributed by atoms with van der Waals surface area (Å²) in [5.41, 5.74) is 6.13. The molecule has 2 fully saturated rings. The summed E-state index contributed by atoms with van der Waals surface area (Å²) in [7, 11) is 1.88. The van der Waals surface area contributed by atoms with Crippen LogP contribution in [0.15, 0.2) is 0 Å². The highest BCUT2D eigenvalue weighted by Crippen LogP contribution is 2.29. The molecule has 18 heavy (non-hydrogen) atoms. The van der Waals surface area contributed by atoms with Gasteiger partial charge in [0, 0.05) is 19.6 Å². The van der Waals surface area contributed by atoms with E-state index in [1.54, 1.807) is 0 Å². The summed E-state index contributed by atoms with van der Waals surface area (Å²) in [5.74, 6) is 0.712. The molecule has 0 bridgehead atoms. The molecule has 0 spiro atoms. The average Bonchev–Trinajstić information content (AvgIpc) is 2.51. The van der Waals surface area contributed by atoms with Crippen LogP contribution >= 0.6 is 0 Å². The van der Waals surface area contributed by atoms with Gasteiger partial charge in [-0.15, -0.1) is 0 Å². The van der Waals surface area contributed by atoms with E-state index in [2.05, 4.69) is 0 Å². The minimum Gasteiger partial charge on any atom is -0.393 e. The Kier molecular flexibility index (Phi) is 4.62. The van der Waals surface area contributed by atoms with Crippen LogP contribution in [0, 0.1) is 11.8 Å². The topological polar surface area (TPSA) is 66.6 Å². The first-order chi connectivity index (χ1) is 8.58. The fourth-order valence-corrected chi connectivity index (χ4v) is 3.25.